The lowest BCUT2D eigenvalue weighted by Crippen LogP contribution is -2.25. The molecule has 0 bridgehead atoms. The van der Waals surface area contributed by atoms with Gasteiger partial charge in [0.25, 0.3) is 0 Å². The van der Waals surface area contributed by atoms with E-state index in [9.17, 15) is 12.8 Å². The van der Waals surface area contributed by atoms with Gasteiger partial charge in [-0.15, -0.1) is 0 Å². The van der Waals surface area contributed by atoms with Crippen LogP contribution in [0.1, 0.15) is 16.7 Å². The largest absolute Gasteiger partial charge is 0.216 e. The summed E-state index contributed by atoms with van der Waals surface area (Å²) in [5.74, 6) is -0.761. The van der Waals surface area contributed by atoms with Gasteiger partial charge in [0.05, 0.1) is 17.4 Å². The first-order valence-electron chi connectivity index (χ1n) is 6.20. The zero-order valence-electron chi connectivity index (χ0n) is 11.1. The van der Waals surface area contributed by atoms with E-state index in [0.717, 1.165) is 6.07 Å². The van der Waals surface area contributed by atoms with Gasteiger partial charge in [-0.2, -0.15) is 5.26 Å². The zero-order valence-corrected chi connectivity index (χ0v) is 11.9. The Labute approximate surface area is 122 Å². The fourth-order valence-electron chi connectivity index (χ4n) is 1.79. The van der Waals surface area contributed by atoms with E-state index in [1.54, 1.807) is 30.3 Å². The quantitative estimate of drug-likeness (QED) is 0.921. The van der Waals surface area contributed by atoms with Crippen LogP contribution in [0.25, 0.3) is 0 Å². The zero-order chi connectivity index (χ0) is 15.3. The number of sulfonamides is 1. The maximum absolute atomic E-state index is 13.7. The monoisotopic (exact) mass is 304 g/mol. The number of nitrogens with zero attached hydrogens (tertiary/aromatic N) is 1. The number of hydrogen-bond acceptors (Lipinski definition) is 3. The molecule has 0 aliphatic heterocycles. The minimum Gasteiger partial charge on any atom is -0.212 e. The molecule has 0 unspecified atom stereocenters. The van der Waals surface area contributed by atoms with Crippen LogP contribution in [0.3, 0.4) is 0 Å². The van der Waals surface area contributed by atoms with Gasteiger partial charge in [-0.25, -0.2) is 17.5 Å². The van der Waals surface area contributed by atoms with Crippen molar-refractivity contribution in [3.63, 3.8) is 0 Å². The summed E-state index contributed by atoms with van der Waals surface area (Å²) in [7, 11) is -3.55. The van der Waals surface area contributed by atoms with Crippen LogP contribution in [0, 0.1) is 17.1 Å². The number of rotatable bonds is 5. The highest BCUT2D eigenvalue weighted by molar-refractivity contribution is 7.88. The molecule has 0 spiro atoms. The van der Waals surface area contributed by atoms with Crippen molar-refractivity contribution in [1.29, 1.82) is 5.26 Å². The van der Waals surface area contributed by atoms with E-state index in [-0.39, 0.29) is 23.4 Å². The van der Waals surface area contributed by atoms with Gasteiger partial charge in [0.15, 0.2) is 0 Å². The Bertz CT molecular complexity index is 768. The van der Waals surface area contributed by atoms with Gasteiger partial charge in [0.2, 0.25) is 10.0 Å². The van der Waals surface area contributed by atoms with Gasteiger partial charge in [-0.3, -0.25) is 0 Å². The highest BCUT2D eigenvalue weighted by atomic mass is 32.2. The molecule has 0 aliphatic rings. The molecule has 0 saturated carbocycles. The maximum atomic E-state index is 13.7. The second-order valence-corrected chi connectivity index (χ2v) is 6.29. The third-order valence-corrected chi connectivity index (χ3v) is 4.16. The Kier molecular flexibility index (Phi) is 4.68. The molecule has 2 aromatic carbocycles. The molecular formula is C15H13FN2O2S. The van der Waals surface area contributed by atoms with E-state index >= 15 is 0 Å². The first-order chi connectivity index (χ1) is 10.00. The molecule has 108 valence electrons. The summed E-state index contributed by atoms with van der Waals surface area (Å²) >= 11 is 0. The summed E-state index contributed by atoms with van der Waals surface area (Å²) in [4.78, 5) is 0. The van der Waals surface area contributed by atoms with Crippen LogP contribution in [0.2, 0.25) is 0 Å². The predicted molar refractivity (Wildman–Crippen MR) is 77.0 cm³/mol. The van der Waals surface area contributed by atoms with Gasteiger partial charge in [0.1, 0.15) is 5.82 Å². The molecule has 1 N–H and O–H groups in total. The van der Waals surface area contributed by atoms with Gasteiger partial charge in [0, 0.05) is 12.1 Å². The first kappa shape index (κ1) is 15.2. The van der Waals surface area contributed by atoms with E-state index in [1.165, 1.54) is 12.1 Å². The Morgan fingerprint density at radius 1 is 1.14 bits per heavy atom. The molecule has 21 heavy (non-hydrogen) atoms. The fraction of sp³-hybridized carbons (Fsp3) is 0.133. The number of nitriles is 1. The normalized spacial score (nSPS) is 11.0. The van der Waals surface area contributed by atoms with Crippen LogP contribution in [0.4, 0.5) is 4.39 Å². The summed E-state index contributed by atoms with van der Waals surface area (Å²) in [5.41, 5.74) is 1.05. The number of benzene rings is 2. The molecule has 2 aromatic rings. The fourth-order valence-corrected chi connectivity index (χ4v) is 2.90. The number of halogens is 1. The molecule has 0 fully saturated rings. The van der Waals surface area contributed by atoms with Gasteiger partial charge >= 0.3 is 0 Å². The molecule has 2 rings (SSSR count). The highest BCUT2D eigenvalue weighted by Gasteiger charge is 2.12. The molecule has 0 heterocycles. The average Bonchev–Trinajstić information content (AvgIpc) is 2.46. The van der Waals surface area contributed by atoms with Crippen LogP contribution in [-0.4, -0.2) is 8.42 Å². The van der Waals surface area contributed by atoms with Crippen molar-refractivity contribution >= 4 is 10.0 Å². The lowest BCUT2D eigenvalue weighted by atomic mass is 10.1. The van der Waals surface area contributed by atoms with Crippen molar-refractivity contribution in [1.82, 2.24) is 4.72 Å². The second kappa shape index (κ2) is 6.48. The summed E-state index contributed by atoms with van der Waals surface area (Å²) < 4.78 is 39.8. The smallest absolute Gasteiger partial charge is 0.212 e. The van der Waals surface area contributed by atoms with Crippen LogP contribution in [0.15, 0.2) is 48.5 Å². The van der Waals surface area contributed by atoms with Crippen LogP contribution >= 0.6 is 0 Å². The average molecular weight is 304 g/mol. The van der Waals surface area contributed by atoms with Crippen molar-refractivity contribution < 1.29 is 12.8 Å². The summed E-state index contributed by atoms with van der Waals surface area (Å²) in [6, 6.07) is 14.5. The SMILES string of the molecule is N#Cc1ccc(CNS(=O)(=O)Cc2ccccc2)c(F)c1. The van der Waals surface area contributed by atoms with E-state index in [2.05, 4.69) is 4.72 Å². The summed E-state index contributed by atoms with van der Waals surface area (Å²) in [6.45, 7) is -0.146. The molecule has 0 saturated heterocycles. The lowest BCUT2D eigenvalue weighted by molar-refractivity contribution is 0.573. The first-order valence-corrected chi connectivity index (χ1v) is 7.85. The summed E-state index contributed by atoms with van der Waals surface area (Å²) in [5, 5.41) is 8.65. The molecule has 0 radical (unpaired) electrons. The Balaban J connectivity index is 2.04. The van der Waals surface area contributed by atoms with Crippen molar-refractivity contribution in [2.24, 2.45) is 0 Å². The minimum absolute atomic E-state index is 0.146. The summed E-state index contributed by atoms with van der Waals surface area (Å²) in [6.07, 6.45) is 0. The van der Waals surface area contributed by atoms with Gasteiger partial charge in [-0.05, 0) is 17.7 Å². The molecule has 0 aliphatic carbocycles. The van der Waals surface area contributed by atoms with Crippen LogP contribution < -0.4 is 4.72 Å². The van der Waals surface area contributed by atoms with E-state index < -0.39 is 15.8 Å². The predicted octanol–water partition coefficient (Wildman–Crippen LogP) is 2.32. The Morgan fingerprint density at radius 2 is 1.86 bits per heavy atom. The van der Waals surface area contributed by atoms with Crippen molar-refractivity contribution in [2.75, 3.05) is 0 Å². The van der Waals surface area contributed by atoms with E-state index in [4.69, 9.17) is 5.26 Å². The van der Waals surface area contributed by atoms with E-state index in [1.807, 2.05) is 6.07 Å². The second-order valence-electron chi connectivity index (χ2n) is 4.48. The van der Waals surface area contributed by atoms with Gasteiger partial charge in [-0.1, -0.05) is 36.4 Å². The van der Waals surface area contributed by atoms with Crippen LogP contribution in [-0.2, 0) is 22.3 Å². The Hall–Kier alpha value is -2.23. The molecular weight excluding hydrogens is 291 g/mol. The van der Waals surface area contributed by atoms with Crippen molar-refractivity contribution in [3.05, 3.63) is 71.0 Å². The number of hydrogen-bond donors (Lipinski definition) is 1. The molecule has 0 amide bonds. The topological polar surface area (TPSA) is 70.0 Å². The molecule has 6 heteroatoms. The maximum Gasteiger partial charge on any atom is 0.216 e. The van der Waals surface area contributed by atoms with Crippen molar-refractivity contribution in [2.45, 2.75) is 12.3 Å². The third kappa shape index (κ3) is 4.38. The van der Waals surface area contributed by atoms with Crippen LogP contribution in [0.5, 0.6) is 0 Å². The molecule has 4 nitrogen and oxygen atoms in total. The molecule has 0 aromatic heterocycles. The highest BCUT2D eigenvalue weighted by Crippen LogP contribution is 2.11. The number of nitrogens with one attached hydrogen (secondary N) is 1. The van der Waals surface area contributed by atoms with E-state index in [0.29, 0.717) is 5.56 Å². The standard InChI is InChI=1S/C15H13FN2O2S/c16-15-8-13(9-17)6-7-14(15)10-18-21(19,20)11-12-4-2-1-3-5-12/h1-8,18H,10-11H2. The van der Waals surface area contributed by atoms with Gasteiger partial charge < -0.3 is 0 Å². The third-order valence-electron chi connectivity index (χ3n) is 2.86. The Morgan fingerprint density at radius 3 is 2.48 bits per heavy atom. The molecule has 0 atom stereocenters. The van der Waals surface area contributed by atoms with Crippen molar-refractivity contribution in [3.8, 4) is 6.07 Å². The lowest BCUT2D eigenvalue weighted by Gasteiger charge is -2.08. The minimum atomic E-state index is -3.55.